The SMILES string of the molecule is Nc1c(Cl)ncnc1NNC(=O)c1cccc2ccccc12. The van der Waals surface area contributed by atoms with E-state index in [1.807, 2.05) is 36.4 Å². The molecule has 7 heteroatoms. The number of halogens is 1. The first-order chi connectivity index (χ1) is 10.7. The fraction of sp³-hybridized carbons (Fsp3) is 0. The van der Waals surface area contributed by atoms with Crippen LogP contribution < -0.4 is 16.6 Å². The number of anilines is 2. The van der Waals surface area contributed by atoms with Gasteiger partial charge in [-0.05, 0) is 16.8 Å². The molecule has 3 aromatic rings. The molecule has 0 saturated carbocycles. The quantitative estimate of drug-likeness (QED) is 0.510. The van der Waals surface area contributed by atoms with Gasteiger partial charge in [0.25, 0.3) is 5.91 Å². The molecule has 1 amide bonds. The molecule has 4 N–H and O–H groups in total. The number of hydrogen-bond acceptors (Lipinski definition) is 5. The summed E-state index contributed by atoms with van der Waals surface area (Å²) in [7, 11) is 0. The van der Waals surface area contributed by atoms with E-state index >= 15 is 0 Å². The average Bonchev–Trinajstić information content (AvgIpc) is 2.55. The molecule has 0 radical (unpaired) electrons. The van der Waals surface area contributed by atoms with Crippen molar-refractivity contribution in [1.82, 2.24) is 15.4 Å². The number of aromatic nitrogens is 2. The summed E-state index contributed by atoms with van der Waals surface area (Å²) >= 11 is 5.80. The zero-order valence-corrected chi connectivity index (χ0v) is 12.1. The van der Waals surface area contributed by atoms with Crippen molar-refractivity contribution in [2.75, 3.05) is 11.2 Å². The Morgan fingerprint density at radius 1 is 1.09 bits per heavy atom. The molecule has 0 fully saturated rings. The van der Waals surface area contributed by atoms with E-state index < -0.39 is 0 Å². The van der Waals surface area contributed by atoms with Crippen LogP contribution in [0.1, 0.15) is 10.4 Å². The molecule has 2 aromatic carbocycles. The number of benzene rings is 2. The van der Waals surface area contributed by atoms with Crippen LogP contribution in [0.25, 0.3) is 10.8 Å². The maximum absolute atomic E-state index is 12.3. The number of carbonyl (C=O) groups is 1. The third-order valence-electron chi connectivity index (χ3n) is 3.16. The molecule has 0 aliphatic carbocycles. The number of nitrogens with zero attached hydrogens (tertiary/aromatic N) is 2. The Hall–Kier alpha value is -2.86. The molecule has 110 valence electrons. The number of nitrogens with one attached hydrogen (secondary N) is 2. The lowest BCUT2D eigenvalue weighted by Gasteiger charge is -2.11. The van der Waals surface area contributed by atoms with Gasteiger partial charge in [0.15, 0.2) is 11.0 Å². The van der Waals surface area contributed by atoms with Crippen molar-refractivity contribution in [3.8, 4) is 0 Å². The van der Waals surface area contributed by atoms with Crippen LogP contribution in [-0.2, 0) is 0 Å². The smallest absolute Gasteiger partial charge is 0.270 e. The Balaban J connectivity index is 1.84. The Bertz CT molecular complexity index is 847. The fourth-order valence-electron chi connectivity index (χ4n) is 2.08. The summed E-state index contributed by atoms with van der Waals surface area (Å²) < 4.78 is 0. The summed E-state index contributed by atoms with van der Waals surface area (Å²) in [6, 6.07) is 13.2. The number of nitrogens with two attached hydrogens (primary N) is 1. The van der Waals surface area contributed by atoms with Crippen molar-refractivity contribution in [1.29, 1.82) is 0 Å². The number of hydrogen-bond donors (Lipinski definition) is 3. The van der Waals surface area contributed by atoms with Gasteiger partial charge in [0.2, 0.25) is 0 Å². The van der Waals surface area contributed by atoms with E-state index in [1.165, 1.54) is 6.33 Å². The summed E-state index contributed by atoms with van der Waals surface area (Å²) in [6.07, 6.45) is 1.26. The molecule has 1 heterocycles. The predicted octanol–water partition coefficient (Wildman–Crippen LogP) is 2.62. The number of amides is 1. The van der Waals surface area contributed by atoms with Crippen molar-refractivity contribution in [2.45, 2.75) is 0 Å². The molecule has 0 bridgehead atoms. The highest BCUT2D eigenvalue weighted by Crippen LogP contribution is 2.22. The molecule has 0 saturated heterocycles. The lowest BCUT2D eigenvalue weighted by atomic mass is 10.0. The molecule has 3 rings (SSSR count). The molecule has 0 aliphatic rings. The Morgan fingerprint density at radius 2 is 1.86 bits per heavy atom. The maximum atomic E-state index is 12.3. The van der Waals surface area contributed by atoms with Gasteiger partial charge in [-0.15, -0.1) is 0 Å². The molecular formula is C15H12ClN5O. The van der Waals surface area contributed by atoms with Crippen LogP contribution in [0, 0.1) is 0 Å². The Labute approximate surface area is 131 Å². The third kappa shape index (κ3) is 2.64. The van der Waals surface area contributed by atoms with Crippen LogP contribution in [0.3, 0.4) is 0 Å². The maximum Gasteiger partial charge on any atom is 0.270 e. The standard InChI is InChI=1S/C15H12ClN5O/c16-13-12(17)14(19-8-18-13)20-21-15(22)11-7-3-5-9-4-1-2-6-10(9)11/h1-8H,17H2,(H,21,22)(H,18,19,20). The van der Waals surface area contributed by atoms with Gasteiger partial charge in [-0.25, -0.2) is 9.97 Å². The van der Waals surface area contributed by atoms with Gasteiger partial charge in [-0.1, -0.05) is 48.0 Å². The van der Waals surface area contributed by atoms with E-state index in [-0.39, 0.29) is 22.6 Å². The van der Waals surface area contributed by atoms with Crippen LogP contribution in [0.15, 0.2) is 48.8 Å². The average molecular weight is 314 g/mol. The monoisotopic (exact) mass is 313 g/mol. The molecule has 0 spiro atoms. The van der Waals surface area contributed by atoms with Gasteiger partial charge in [0.1, 0.15) is 12.0 Å². The predicted molar refractivity (Wildman–Crippen MR) is 86.5 cm³/mol. The van der Waals surface area contributed by atoms with Crippen LogP contribution in [0.2, 0.25) is 5.15 Å². The highest BCUT2D eigenvalue weighted by Gasteiger charge is 2.11. The zero-order chi connectivity index (χ0) is 15.5. The van der Waals surface area contributed by atoms with Crippen molar-refractivity contribution >= 4 is 39.8 Å². The van der Waals surface area contributed by atoms with E-state index in [9.17, 15) is 4.79 Å². The number of rotatable bonds is 3. The van der Waals surface area contributed by atoms with Gasteiger partial charge in [-0.3, -0.25) is 15.6 Å². The highest BCUT2D eigenvalue weighted by atomic mass is 35.5. The van der Waals surface area contributed by atoms with Gasteiger partial charge >= 0.3 is 0 Å². The Morgan fingerprint density at radius 3 is 2.73 bits per heavy atom. The lowest BCUT2D eigenvalue weighted by Crippen LogP contribution is -2.30. The van der Waals surface area contributed by atoms with E-state index in [0.717, 1.165) is 10.8 Å². The molecular weight excluding hydrogens is 302 g/mol. The first-order valence-electron chi connectivity index (χ1n) is 6.47. The highest BCUT2D eigenvalue weighted by molar-refractivity contribution is 6.32. The molecule has 22 heavy (non-hydrogen) atoms. The van der Waals surface area contributed by atoms with Gasteiger partial charge in [0.05, 0.1) is 0 Å². The molecule has 0 atom stereocenters. The zero-order valence-electron chi connectivity index (χ0n) is 11.4. The second-order valence-electron chi connectivity index (χ2n) is 4.53. The molecule has 0 unspecified atom stereocenters. The minimum Gasteiger partial charge on any atom is -0.393 e. The van der Waals surface area contributed by atoms with Gasteiger partial charge in [-0.2, -0.15) is 0 Å². The minimum atomic E-state index is -0.300. The van der Waals surface area contributed by atoms with Gasteiger partial charge < -0.3 is 5.73 Å². The number of nitrogen functional groups attached to an aromatic ring is 1. The number of fused-ring (bicyclic) bond motifs is 1. The van der Waals surface area contributed by atoms with Gasteiger partial charge in [0, 0.05) is 5.56 Å². The number of hydrazine groups is 1. The van der Waals surface area contributed by atoms with E-state index in [4.69, 9.17) is 17.3 Å². The Kier molecular flexibility index (Phi) is 3.76. The molecule has 1 aromatic heterocycles. The summed E-state index contributed by atoms with van der Waals surface area (Å²) in [6.45, 7) is 0. The normalized spacial score (nSPS) is 10.4. The topological polar surface area (TPSA) is 92.9 Å². The summed E-state index contributed by atoms with van der Waals surface area (Å²) in [5.74, 6) is -0.0560. The lowest BCUT2D eigenvalue weighted by molar-refractivity contribution is 0.0964. The largest absolute Gasteiger partial charge is 0.393 e. The van der Waals surface area contributed by atoms with Crippen LogP contribution in [-0.4, -0.2) is 15.9 Å². The number of carbonyl (C=O) groups excluding carboxylic acids is 1. The van der Waals surface area contributed by atoms with Crippen molar-refractivity contribution in [2.24, 2.45) is 0 Å². The summed E-state index contributed by atoms with van der Waals surface area (Å²) in [5, 5.41) is 1.97. The fourth-order valence-corrected chi connectivity index (χ4v) is 2.21. The van der Waals surface area contributed by atoms with E-state index in [0.29, 0.717) is 5.56 Å². The van der Waals surface area contributed by atoms with Crippen molar-refractivity contribution in [3.05, 3.63) is 59.5 Å². The van der Waals surface area contributed by atoms with Crippen molar-refractivity contribution in [3.63, 3.8) is 0 Å². The minimum absolute atomic E-state index is 0.122. The second kappa shape index (κ2) is 5.87. The summed E-state index contributed by atoms with van der Waals surface area (Å²) in [5.41, 5.74) is 11.7. The molecule has 6 nitrogen and oxygen atoms in total. The van der Waals surface area contributed by atoms with Crippen LogP contribution in [0.4, 0.5) is 11.5 Å². The first-order valence-corrected chi connectivity index (χ1v) is 6.84. The summed E-state index contributed by atoms with van der Waals surface area (Å²) in [4.78, 5) is 20.0. The van der Waals surface area contributed by atoms with E-state index in [2.05, 4.69) is 20.8 Å². The molecule has 0 aliphatic heterocycles. The van der Waals surface area contributed by atoms with Crippen LogP contribution >= 0.6 is 11.6 Å². The second-order valence-corrected chi connectivity index (χ2v) is 4.89. The third-order valence-corrected chi connectivity index (χ3v) is 3.47. The van der Waals surface area contributed by atoms with E-state index in [1.54, 1.807) is 6.07 Å². The van der Waals surface area contributed by atoms with Crippen LogP contribution in [0.5, 0.6) is 0 Å². The van der Waals surface area contributed by atoms with Crippen molar-refractivity contribution < 1.29 is 4.79 Å². The first kappa shape index (κ1) is 14.1.